The molecule has 1 aliphatic heterocycles. The summed E-state index contributed by atoms with van der Waals surface area (Å²) in [4.78, 5) is 15.8. The van der Waals surface area contributed by atoms with Crippen molar-refractivity contribution in [2.45, 2.75) is 21.6 Å². The molecule has 1 heterocycles. The van der Waals surface area contributed by atoms with E-state index in [0.29, 0.717) is 37.4 Å². The van der Waals surface area contributed by atoms with Crippen molar-refractivity contribution < 1.29 is 21.6 Å². The quantitative estimate of drug-likeness (QED) is 0.524. The second-order valence-corrected chi connectivity index (χ2v) is 13.0. The predicted molar refractivity (Wildman–Crippen MR) is 134 cm³/mol. The van der Waals surface area contributed by atoms with Crippen LogP contribution in [0, 0.1) is 6.92 Å². The van der Waals surface area contributed by atoms with Crippen molar-refractivity contribution in [1.29, 1.82) is 0 Å². The second kappa shape index (κ2) is 10.8. The third-order valence-corrected chi connectivity index (χ3v) is 10.3. The first kappa shape index (κ1) is 26.6. The summed E-state index contributed by atoms with van der Waals surface area (Å²) in [6.45, 7) is 3.38. The molecule has 0 atom stereocenters. The van der Waals surface area contributed by atoms with Crippen molar-refractivity contribution in [2.75, 3.05) is 58.4 Å². The van der Waals surface area contributed by atoms with E-state index >= 15 is 0 Å². The number of hydrogen-bond donors (Lipinski definition) is 1. The molecule has 34 heavy (non-hydrogen) atoms. The van der Waals surface area contributed by atoms with Gasteiger partial charge in [0, 0.05) is 43.8 Å². The highest BCUT2D eigenvalue weighted by Crippen LogP contribution is 2.25. The fraction of sp³-hybridized carbons (Fsp3) is 0.409. The number of aryl methyl sites for hydroxylation is 1. The highest BCUT2D eigenvalue weighted by Gasteiger charge is 2.29. The highest BCUT2D eigenvalue weighted by atomic mass is 32.2. The van der Waals surface area contributed by atoms with Crippen LogP contribution in [0.1, 0.15) is 5.56 Å². The van der Waals surface area contributed by atoms with Crippen LogP contribution in [-0.2, 0) is 24.8 Å². The monoisotopic (exact) mass is 526 g/mol. The lowest BCUT2D eigenvalue weighted by Gasteiger charge is -2.32. The number of rotatable bonds is 8. The molecule has 0 aromatic heterocycles. The van der Waals surface area contributed by atoms with Gasteiger partial charge in [0.2, 0.25) is 26.0 Å². The number of nitrogens with zero attached hydrogens (tertiary/aromatic N) is 3. The molecule has 1 fully saturated rings. The van der Waals surface area contributed by atoms with Crippen molar-refractivity contribution in [1.82, 2.24) is 13.5 Å². The molecule has 1 aliphatic rings. The number of hydrogen-bond acceptors (Lipinski definition) is 7. The van der Waals surface area contributed by atoms with E-state index in [1.165, 1.54) is 41.3 Å². The fourth-order valence-electron chi connectivity index (χ4n) is 3.54. The Balaban J connectivity index is 1.72. The van der Waals surface area contributed by atoms with Crippen molar-refractivity contribution >= 4 is 43.4 Å². The Bertz CT molecular complexity index is 1240. The zero-order valence-corrected chi connectivity index (χ0v) is 22.1. The standard InChI is InChI=1S/C22H30N4O5S3/c1-17-5-6-18(15-21(17)34(30,31)26-13-11-24(2)12-14-26)23-22(27)16-25(3)33(28,29)20-9-7-19(32-4)8-10-20/h5-10,15H,11-14,16H2,1-4H3,(H,23,27). The molecular formula is C22H30N4O5S3. The Morgan fingerprint density at radius 1 is 1.03 bits per heavy atom. The molecule has 2 aromatic carbocycles. The number of sulfonamides is 2. The minimum absolute atomic E-state index is 0.0940. The van der Waals surface area contributed by atoms with Gasteiger partial charge in [-0.2, -0.15) is 8.61 Å². The fourth-order valence-corrected chi connectivity index (χ4v) is 6.75. The van der Waals surface area contributed by atoms with Crippen molar-refractivity contribution in [2.24, 2.45) is 0 Å². The van der Waals surface area contributed by atoms with Gasteiger partial charge in [0.15, 0.2) is 0 Å². The molecule has 1 N–H and O–H groups in total. The van der Waals surface area contributed by atoms with Gasteiger partial charge in [0.1, 0.15) is 0 Å². The Morgan fingerprint density at radius 3 is 2.24 bits per heavy atom. The van der Waals surface area contributed by atoms with E-state index < -0.39 is 32.5 Å². The van der Waals surface area contributed by atoms with E-state index in [-0.39, 0.29) is 9.79 Å². The SMILES string of the molecule is CSc1ccc(S(=O)(=O)N(C)CC(=O)Nc2ccc(C)c(S(=O)(=O)N3CCN(C)CC3)c2)cc1. The van der Waals surface area contributed by atoms with E-state index in [9.17, 15) is 21.6 Å². The lowest BCUT2D eigenvalue weighted by atomic mass is 10.2. The third-order valence-electron chi connectivity index (χ3n) is 5.69. The summed E-state index contributed by atoms with van der Waals surface area (Å²) in [5.41, 5.74) is 0.865. The van der Waals surface area contributed by atoms with Gasteiger partial charge in [-0.15, -0.1) is 11.8 Å². The summed E-state index contributed by atoms with van der Waals surface area (Å²) in [5.74, 6) is -0.571. The number of benzene rings is 2. The summed E-state index contributed by atoms with van der Waals surface area (Å²) in [6.07, 6.45) is 1.90. The van der Waals surface area contributed by atoms with E-state index in [0.717, 1.165) is 9.20 Å². The number of amides is 1. The Hall–Kier alpha value is -1.96. The summed E-state index contributed by atoms with van der Waals surface area (Å²) < 4.78 is 54.4. The smallest absolute Gasteiger partial charge is 0.243 e. The van der Waals surface area contributed by atoms with Crippen LogP contribution in [0.4, 0.5) is 5.69 Å². The third kappa shape index (κ3) is 5.99. The molecule has 2 aromatic rings. The number of anilines is 1. The van der Waals surface area contributed by atoms with Crippen LogP contribution in [0.2, 0.25) is 0 Å². The number of thioether (sulfide) groups is 1. The maximum Gasteiger partial charge on any atom is 0.243 e. The van der Waals surface area contributed by atoms with Gasteiger partial charge in [0.25, 0.3) is 0 Å². The molecule has 1 saturated heterocycles. The van der Waals surface area contributed by atoms with Crippen molar-refractivity contribution in [3.8, 4) is 0 Å². The van der Waals surface area contributed by atoms with Gasteiger partial charge in [-0.25, -0.2) is 16.8 Å². The van der Waals surface area contributed by atoms with Crippen molar-refractivity contribution in [3.05, 3.63) is 48.0 Å². The summed E-state index contributed by atoms with van der Waals surface area (Å²) in [5, 5.41) is 2.62. The van der Waals surface area contributed by atoms with Crippen LogP contribution in [0.25, 0.3) is 0 Å². The Morgan fingerprint density at radius 2 is 1.65 bits per heavy atom. The van der Waals surface area contributed by atoms with Gasteiger partial charge < -0.3 is 10.2 Å². The van der Waals surface area contributed by atoms with E-state index in [1.807, 2.05) is 13.3 Å². The lowest BCUT2D eigenvalue weighted by molar-refractivity contribution is -0.116. The van der Waals surface area contributed by atoms with Gasteiger partial charge in [0.05, 0.1) is 16.3 Å². The molecule has 0 radical (unpaired) electrons. The summed E-state index contributed by atoms with van der Waals surface area (Å²) in [6, 6.07) is 11.1. The Kier molecular flexibility index (Phi) is 8.43. The largest absolute Gasteiger partial charge is 0.325 e. The predicted octanol–water partition coefficient (Wildman–Crippen LogP) is 1.91. The molecule has 3 rings (SSSR count). The molecular weight excluding hydrogens is 496 g/mol. The number of carbonyl (C=O) groups excluding carboxylic acids is 1. The van der Waals surface area contributed by atoms with Crippen molar-refractivity contribution in [3.63, 3.8) is 0 Å². The first-order chi connectivity index (χ1) is 15.9. The molecule has 0 aliphatic carbocycles. The lowest BCUT2D eigenvalue weighted by Crippen LogP contribution is -2.47. The number of piperazine rings is 1. The topological polar surface area (TPSA) is 107 Å². The van der Waals surface area contributed by atoms with Gasteiger partial charge >= 0.3 is 0 Å². The maximum atomic E-state index is 13.2. The van der Waals surface area contributed by atoms with E-state index in [1.54, 1.807) is 31.2 Å². The molecule has 12 heteroatoms. The van der Waals surface area contributed by atoms with Crippen LogP contribution in [0.15, 0.2) is 57.2 Å². The minimum atomic E-state index is -3.85. The van der Waals surface area contributed by atoms with Crippen LogP contribution >= 0.6 is 11.8 Å². The van der Waals surface area contributed by atoms with Crippen LogP contribution in [0.3, 0.4) is 0 Å². The number of nitrogens with one attached hydrogen (secondary N) is 1. The van der Waals surface area contributed by atoms with Crippen LogP contribution < -0.4 is 5.32 Å². The first-order valence-electron chi connectivity index (χ1n) is 10.6. The van der Waals surface area contributed by atoms with E-state index in [4.69, 9.17) is 0 Å². The average Bonchev–Trinajstić information content (AvgIpc) is 2.80. The van der Waals surface area contributed by atoms with Crippen LogP contribution in [-0.4, -0.2) is 89.3 Å². The molecule has 186 valence electrons. The highest BCUT2D eigenvalue weighted by molar-refractivity contribution is 7.98. The molecule has 0 spiro atoms. The second-order valence-electron chi connectivity index (χ2n) is 8.17. The average molecular weight is 527 g/mol. The van der Waals surface area contributed by atoms with Gasteiger partial charge in [-0.1, -0.05) is 6.07 Å². The Labute approximate surface area is 206 Å². The minimum Gasteiger partial charge on any atom is -0.325 e. The van der Waals surface area contributed by atoms with E-state index in [2.05, 4.69) is 10.2 Å². The number of carbonyl (C=O) groups is 1. The first-order valence-corrected chi connectivity index (χ1v) is 14.7. The maximum absolute atomic E-state index is 13.2. The summed E-state index contributed by atoms with van der Waals surface area (Å²) >= 11 is 1.50. The normalized spacial score (nSPS) is 16.0. The van der Waals surface area contributed by atoms with Crippen LogP contribution in [0.5, 0.6) is 0 Å². The zero-order valence-electron chi connectivity index (χ0n) is 19.7. The molecule has 1 amide bonds. The van der Waals surface area contributed by atoms with Gasteiger partial charge in [-0.05, 0) is 62.2 Å². The molecule has 0 unspecified atom stereocenters. The zero-order chi connectivity index (χ0) is 25.1. The van der Waals surface area contributed by atoms with Gasteiger partial charge in [-0.3, -0.25) is 4.79 Å². The summed E-state index contributed by atoms with van der Waals surface area (Å²) in [7, 11) is -4.29. The molecule has 9 nitrogen and oxygen atoms in total. The molecule has 0 bridgehead atoms. The molecule has 0 saturated carbocycles. The number of likely N-dealkylation sites (N-methyl/N-ethyl adjacent to an activating group) is 2.